The van der Waals surface area contributed by atoms with Crippen LogP contribution in [0.4, 0.5) is 0 Å². The van der Waals surface area contributed by atoms with Crippen LogP contribution in [0, 0.1) is 17.9 Å². The van der Waals surface area contributed by atoms with Gasteiger partial charge in [-0.2, -0.15) is 0 Å². The number of aromatic nitrogens is 1. The van der Waals surface area contributed by atoms with Crippen molar-refractivity contribution in [1.29, 1.82) is 0 Å². The van der Waals surface area contributed by atoms with Crippen molar-refractivity contribution in [2.24, 2.45) is 11.8 Å². The van der Waals surface area contributed by atoms with Gasteiger partial charge in [-0.25, -0.2) is 0 Å². The predicted molar refractivity (Wildman–Crippen MR) is 279 cm³/mol. The number of ketones is 1. The molecule has 342 valence electrons. The molecule has 0 bridgehead atoms. The van der Waals surface area contributed by atoms with Crippen LogP contribution in [-0.2, 0) is 25.9 Å². The van der Waals surface area contributed by atoms with Gasteiger partial charge in [-0.3, -0.25) is 4.79 Å². The molecular weight excluding hydrogens is 998 g/mol. The van der Waals surface area contributed by atoms with Gasteiger partial charge in [0.1, 0.15) is 0 Å². The SMILES string of the molecule is CC(C)c1c[c-]c(-c2ccc(-c3cc(-c4ccccc4)cc(-c4ccccc4)c3)cn2)cc1-c1cc(-c2ccccc2)cc(-c2ccccc2)c1.CCC(CC)C(=O)/C=C(\O)C(CC)CC.[Pt]. The van der Waals surface area contributed by atoms with E-state index in [9.17, 15) is 9.90 Å². The monoisotopic (exact) mass is 1060 g/mol. The molecule has 0 unspecified atom stereocenters. The van der Waals surface area contributed by atoms with Crippen LogP contribution in [0.1, 0.15) is 78.7 Å². The Kier molecular flexibility index (Phi) is 18.2. The van der Waals surface area contributed by atoms with Gasteiger partial charge in [-0.05, 0) is 129 Å². The van der Waals surface area contributed by atoms with E-state index in [-0.39, 0.29) is 44.4 Å². The molecule has 8 rings (SSSR count). The summed E-state index contributed by atoms with van der Waals surface area (Å²) >= 11 is 0. The molecular formula is C63H62NO2Pt-. The van der Waals surface area contributed by atoms with Crippen molar-refractivity contribution in [2.45, 2.75) is 73.1 Å². The number of carbonyl (C=O) groups excluding carboxylic acids is 1. The van der Waals surface area contributed by atoms with E-state index in [0.29, 0.717) is 5.92 Å². The number of hydrogen-bond acceptors (Lipinski definition) is 3. The molecule has 3 nitrogen and oxygen atoms in total. The van der Waals surface area contributed by atoms with Gasteiger partial charge in [0.05, 0.1) is 5.76 Å². The van der Waals surface area contributed by atoms with Crippen molar-refractivity contribution in [1.82, 2.24) is 4.98 Å². The Morgan fingerprint density at radius 3 is 1.25 bits per heavy atom. The minimum atomic E-state index is 0. The van der Waals surface area contributed by atoms with Gasteiger partial charge >= 0.3 is 0 Å². The first kappa shape index (κ1) is 50.0. The van der Waals surface area contributed by atoms with Gasteiger partial charge in [-0.1, -0.05) is 186 Å². The molecule has 1 heterocycles. The van der Waals surface area contributed by atoms with Crippen LogP contribution in [0.25, 0.3) is 78.0 Å². The van der Waals surface area contributed by atoms with Crippen LogP contribution >= 0.6 is 0 Å². The Balaban J connectivity index is 0.000000401. The molecule has 0 amide bonds. The minimum Gasteiger partial charge on any atom is -0.512 e. The molecule has 7 aromatic carbocycles. The van der Waals surface area contributed by atoms with Gasteiger partial charge in [0.15, 0.2) is 5.78 Å². The Labute approximate surface area is 414 Å². The van der Waals surface area contributed by atoms with Crippen LogP contribution in [-0.4, -0.2) is 15.9 Å². The second kappa shape index (κ2) is 24.4. The van der Waals surface area contributed by atoms with Gasteiger partial charge in [0.25, 0.3) is 0 Å². The van der Waals surface area contributed by atoms with Gasteiger partial charge < -0.3 is 10.1 Å². The number of carbonyl (C=O) groups is 1. The van der Waals surface area contributed by atoms with Crippen molar-refractivity contribution in [3.63, 3.8) is 0 Å². The molecule has 0 aliphatic rings. The summed E-state index contributed by atoms with van der Waals surface area (Å²) in [5.41, 5.74) is 17.3. The fourth-order valence-corrected chi connectivity index (χ4v) is 8.65. The second-order valence-electron chi connectivity index (χ2n) is 17.4. The molecule has 0 spiro atoms. The van der Waals surface area contributed by atoms with Crippen molar-refractivity contribution < 1.29 is 31.0 Å². The van der Waals surface area contributed by atoms with E-state index < -0.39 is 0 Å². The maximum absolute atomic E-state index is 11.7. The summed E-state index contributed by atoms with van der Waals surface area (Å²) in [6.45, 7) is 12.6. The Bertz CT molecular complexity index is 2710. The Morgan fingerprint density at radius 2 is 0.896 bits per heavy atom. The summed E-state index contributed by atoms with van der Waals surface area (Å²) < 4.78 is 0. The summed E-state index contributed by atoms with van der Waals surface area (Å²) in [5.74, 6) is 0.878. The van der Waals surface area contributed by atoms with E-state index in [1.165, 1.54) is 67.3 Å². The number of hydrogen-bond donors (Lipinski definition) is 1. The van der Waals surface area contributed by atoms with Crippen LogP contribution < -0.4 is 0 Å². The summed E-state index contributed by atoms with van der Waals surface area (Å²) in [5, 5.41) is 9.76. The number of nitrogens with zero attached hydrogens (tertiary/aromatic N) is 1. The Morgan fingerprint density at radius 1 is 0.507 bits per heavy atom. The topological polar surface area (TPSA) is 50.2 Å². The standard InChI is InChI=1S/C50H38N.C13H24O2.Pt/c1-35(2)48-25-23-40(33-49(48)47-31-44(38-19-11-5-12-20-38)28-45(32-47)39-21-13-6-14-22-39)50-26-24-41(34-51-50)46-29-42(36-15-7-3-8-16-36)27-43(30-46)37-17-9-4-10-18-37;1-5-10(6-2)12(14)9-13(15)11(7-3)8-4;/h3-22,24-35H,1-2H3;9-11,14H,5-8H2,1-4H3;/q-1;;/b;12-9-;. The fourth-order valence-electron chi connectivity index (χ4n) is 8.65. The first-order valence-electron chi connectivity index (χ1n) is 23.7. The van der Waals surface area contributed by atoms with E-state index in [1.54, 1.807) is 0 Å². The molecule has 0 aliphatic heterocycles. The molecule has 0 aliphatic carbocycles. The van der Waals surface area contributed by atoms with Crippen molar-refractivity contribution in [2.75, 3.05) is 0 Å². The average molecular weight is 1060 g/mol. The molecule has 4 heteroatoms. The molecule has 0 atom stereocenters. The van der Waals surface area contributed by atoms with Gasteiger partial charge in [-0.15, -0.1) is 29.3 Å². The smallest absolute Gasteiger partial charge is 0.162 e. The normalized spacial score (nSPS) is 11.3. The number of aliphatic hydroxyl groups is 1. The summed E-state index contributed by atoms with van der Waals surface area (Å²) in [6.07, 6.45) is 6.91. The van der Waals surface area contributed by atoms with Crippen molar-refractivity contribution in [3.8, 4) is 78.0 Å². The van der Waals surface area contributed by atoms with E-state index >= 15 is 0 Å². The van der Waals surface area contributed by atoms with E-state index in [2.05, 4.69) is 202 Å². The molecule has 1 aromatic heterocycles. The fraction of sp³-hybridized carbons (Fsp3) is 0.206. The summed E-state index contributed by atoms with van der Waals surface area (Å²) in [4.78, 5) is 16.8. The summed E-state index contributed by atoms with van der Waals surface area (Å²) in [6, 6.07) is 68.6. The molecule has 8 aromatic rings. The first-order valence-corrected chi connectivity index (χ1v) is 23.7. The van der Waals surface area contributed by atoms with E-state index in [1.807, 2.05) is 33.9 Å². The predicted octanol–water partition coefficient (Wildman–Crippen LogP) is 17.5. The van der Waals surface area contributed by atoms with Gasteiger partial charge in [0.2, 0.25) is 0 Å². The molecule has 0 radical (unpaired) electrons. The Hall–Kier alpha value is -6.41. The second-order valence-corrected chi connectivity index (χ2v) is 17.4. The molecule has 0 saturated carbocycles. The number of allylic oxidation sites excluding steroid dienone is 2. The molecule has 1 N–H and O–H groups in total. The third kappa shape index (κ3) is 12.7. The number of pyridine rings is 1. The van der Waals surface area contributed by atoms with Crippen LogP contribution in [0.3, 0.4) is 0 Å². The zero-order valence-electron chi connectivity index (χ0n) is 39.7. The average Bonchev–Trinajstić information content (AvgIpc) is 3.38. The van der Waals surface area contributed by atoms with Crippen LogP contribution in [0.2, 0.25) is 0 Å². The number of rotatable bonds is 15. The van der Waals surface area contributed by atoms with Crippen molar-refractivity contribution >= 4 is 5.78 Å². The largest absolute Gasteiger partial charge is 0.512 e. The zero-order valence-corrected chi connectivity index (χ0v) is 41.9. The van der Waals surface area contributed by atoms with Crippen LogP contribution in [0.15, 0.2) is 200 Å². The molecule has 0 saturated heterocycles. The zero-order chi connectivity index (χ0) is 46.4. The third-order valence-corrected chi connectivity index (χ3v) is 12.7. The number of aliphatic hydroxyl groups excluding tert-OH is 1. The minimum absolute atomic E-state index is 0. The van der Waals surface area contributed by atoms with Crippen molar-refractivity contribution in [3.05, 3.63) is 212 Å². The maximum Gasteiger partial charge on any atom is 0.162 e. The molecule has 0 fully saturated rings. The van der Waals surface area contributed by atoms with Crippen LogP contribution in [0.5, 0.6) is 0 Å². The third-order valence-electron chi connectivity index (χ3n) is 12.7. The summed E-state index contributed by atoms with van der Waals surface area (Å²) in [7, 11) is 0. The van der Waals surface area contributed by atoms with Gasteiger partial charge in [0, 0.05) is 45.2 Å². The quantitative estimate of drug-likeness (QED) is 0.0632. The van der Waals surface area contributed by atoms with E-state index in [4.69, 9.17) is 4.98 Å². The molecule has 67 heavy (non-hydrogen) atoms. The number of benzene rings is 7. The van der Waals surface area contributed by atoms with E-state index in [0.717, 1.165) is 48.1 Å². The first-order chi connectivity index (χ1) is 32.2. The maximum atomic E-state index is 11.7.